The Hall–Kier alpha value is -1.55. The van der Waals surface area contributed by atoms with Crippen LogP contribution in [0.15, 0.2) is 30.3 Å². The van der Waals surface area contributed by atoms with Crippen molar-refractivity contribution in [2.45, 2.75) is 13.0 Å². The molecule has 1 aliphatic rings. The lowest BCUT2D eigenvalue weighted by Gasteiger charge is -2.21. The molecule has 0 spiro atoms. The van der Waals surface area contributed by atoms with E-state index >= 15 is 0 Å². The second kappa shape index (κ2) is 5.68. The molecule has 0 unspecified atom stereocenters. The first-order chi connectivity index (χ1) is 8.25. The van der Waals surface area contributed by atoms with Crippen LogP contribution in [0, 0.1) is 5.41 Å². The molecule has 0 radical (unpaired) electrons. The molecule has 0 aliphatic carbocycles. The molecule has 1 aromatic rings. The van der Waals surface area contributed by atoms with Gasteiger partial charge >= 0.3 is 0 Å². The smallest absolute Gasteiger partial charge is 0.188 e. The molecular formula is C13H20N4. The Balaban J connectivity index is 1.89. The number of hydrogen-bond donors (Lipinski definition) is 2. The lowest BCUT2D eigenvalue weighted by atomic mass is 10.2. The molecule has 1 fully saturated rings. The van der Waals surface area contributed by atoms with Crippen molar-refractivity contribution < 1.29 is 0 Å². The minimum Gasteiger partial charge on any atom is -0.370 e. The number of benzene rings is 1. The monoisotopic (exact) mass is 232 g/mol. The van der Waals surface area contributed by atoms with Crippen LogP contribution in [0.4, 0.5) is 0 Å². The number of hydrogen-bond acceptors (Lipinski definition) is 2. The van der Waals surface area contributed by atoms with Gasteiger partial charge in [-0.2, -0.15) is 0 Å². The molecule has 92 valence electrons. The van der Waals surface area contributed by atoms with Crippen molar-refractivity contribution in [3.63, 3.8) is 0 Å². The summed E-state index contributed by atoms with van der Waals surface area (Å²) in [4.78, 5) is 4.38. The number of rotatable bonds is 2. The van der Waals surface area contributed by atoms with Crippen LogP contribution < -0.4 is 5.73 Å². The largest absolute Gasteiger partial charge is 0.370 e. The van der Waals surface area contributed by atoms with Gasteiger partial charge in [-0.05, 0) is 12.0 Å². The fraction of sp³-hybridized carbons (Fsp3) is 0.462. The van der Waals surface area contributed by atoms with Gasteiger partial charge in [0.25, 0.3) is 0 Å². The third kappa shape index (κ3) is 3.46. The normalized spacial score (nSPS) is 17.8. The fourth-order valence-corrected chi connectivity index (χ4v) is 2.21. The molecule has 1 saturated heterocycles. The third-order valence-corrected chi connectivity index (χ3v) is 3.18. The fourth-order valence-electron chi connectivity index (χ4n) is 2.21. The van der Waals surface area contributed by atoms with E-state index in [1.54, 1.807) is 0 Å². The lowest BCUT2D eigenvalue weighted by Crippen LogP contribution is -2.39. The van der Waals surface area contributed by atoms with E-state index in [1.807, 2.05) is 11.0 Å². The maximum absolute atomic E-state index is 7.46. The summed E-state index contributed by atoms with van der Waals surface area (Å²) in [5.41, 5.74) is 6.88. The van der Waals surface area contributed by atoms with E-state index in [0.29, 0.717) is 0 Å². The number of guanidine groups is 1. The molecule has 1 aromatic carbocycles. The maximum Gasteiger partial charge on any atom is 0.188 e. The van der Waals surface area contributed by atoms with Gasteiger partial charge in [-0.1, -0.05) is 30.3 Å². The molecule has 3 N–H and O–H groups in total. The number of nitrogens with one attached hydrogen (secondary N) is 1. The summed E-state index contributed by atoms with van der Waals surface area (Å²) in [5.74, 6) is 0.201. The van der Waals surface area contributed by atoms with Crippen LogP contribution in [0.2, 0.25) is 0 Å². The summed E-state index contributed by atoms with van der Waals surface area (Å²) in [7, 11) is 0. The molecule has 0 bridgehead atoms. The Morgan fingerprint density at radius 3 is 2.59 bits per heavy atom. The van der Waals surface area contributed by atoms with Crippen molar-refractivity contribution in [1.82, 2.24) is 9.80 Å². The van der Waals surface area contributed by atoms with Gasteiger partial charge in [0.1, 0.15) is 0 Å². The SMILES string of the molecule is N=C(N)N1CCCN(Cc2ccccc2)CC1. The van der Waals surface area contributed by atoms with Gasteiger partial charge in [-0.3, -0.25) is 10.3 Å². The first-order valence-electron chi connectivity index (χ1n) is 6.11. The average Bonchev–Trinajstić information content (AvgIpc) is 2.56. The van der Waals surface area contributed by atoms with Gasteiger partial charge in [0.15, 0.2) is 5.96 Å². The molecule has 0 aromatic heterocycles. The Kier molecular flexibility index (Phi) is 3.98. The minimum absolute atomic E-state index is 0.201. The van der Waals surface area contributed by atoms with E-state index in [9.17, 15) is 0 Å². The molecule has 0 saturated carbocycles. The molecule has 0 amide bonds. The molecule has 4 heteroatoms. The Morgan fingerprint density at radius 2 is 1.88 bits per heavy atom. The summed E-state index contributed by atoms with van der Waals surface area (Å²) in [6.45, 7) is 4.82. The number of nitrogens with zero attached hydrogens (tertiary/aromatic N) is 2. The Morgan fingerprint density at radius 1 is 1.12 bits per heavy atom. The zero-order chi connectivity index (χ0) is 12.1. The van der Waals surface area contributed by atoms with Crippen LogP contribution in [0.25, 0.3) is 0 Å². The highest BCUT2D eigenvalue weighted by molar-refractivity contribution is 5.74. The van der Waals surface area contributed by atoms with E-state index in [4.69, 9.17) is 11.1 Å². The van der Waals surface area contributed by atoms with Gasteiger partial charge in [0, 0.05) is 32.7 Å². The predicted molar refractivity (Wildman–Crippen MR) is 69.8 cm³/mol. The van der Waals surface area contributed by atoms with E-state index in [2.05, 4.69) is 29.2 Å². The van der Waals surface area contributed by atoms with Crippen LogP contribution in [-0.2, 0) is 6.54 Å². The second-order valence-electron chi connectivity index (χ2n) is 4.49. The van der Waals surface area contributed by atoms with Crippen molar-refractivity contribution in [2.75, 3.05) is 26.2 Å². The van der Waals surface area contributed by atoms with E-state index in [-0.39, 0.29) is 5.96 Å². The molecule has 1 heterocycles. The van der Waals surface area contributed by atoms with Crippen LogP contribution in [0.5, 0.6) is 0 Å². The molecule has 17 heavy (non-hydrogen) atoms. The Bertz CT molecular complexity index is 363. The third-order valence-electron chi connectivity index (χ3n) is 3.18. The molecule has 4 nitrogen and oxygen atoms in total. The topological polar surface area (TPSA) is 56.4 Å². The highest BCUT2D eigenvalue weighted by atomic mass is 15.3. The summed E-state index contributed by atoms with van der Waals surface area (Å²) >= 11 is 0. The summed E-state index contributed by atoms with van der Waals surface area (Å²) < 4.78 is 0. The first-order valence-corrected chi connectivity index (χ1v) is 6.11. The maximum atomic E-state index is 7.46. The van der Waals surface area contributed by atoms with Gasteiger partial charge < -0.3 is 10.6 Å². The van der Waals surface area contributed by atoms with Gasteiger partial charge in [-0.25, -0.2) is 0 Å². The lowest BCUT2D eigenvalue weighted by molar-refractivity contribution is 0.277. The van der Waals surface area contributed by atoms with Crippen LogP contribution in [-0.4, -0.2) is 41.9 Å². The van der Waals surface area contributed by atoms with Crippen molar-refractivity contribution in [3.05, 3.63) is 35.9 Å². The van der Waals surface area contributed by atoms with Gasteiger partial charge in [-0.15, -0.1) is 0 Å². The highest BCUT2D eigenvalue weighted by Gasteiger charge is 2.15. The Labute approximate surface area is 103 Å². The van der Waals surface area contributed by atoms with Crippen molar-refractivity contribution in [3.8, 4) is 0 Å². The zero-order valence-corrected chi connectivity index (χ0v) is 10.1. The van der Waals surface area contributed by atoms with Crippen molar-refractivity contribution in [2.24, 2.45) is 5.73 Å². The van der Waals surface area contributed by atoms with E-state index in [0.717, 1.165) is 39.1 Å². The van der Waals surface area contributed by atoms with Crippen molar-refractivity contribution >= 4 is 5.96 Å². The van der Waals surface area contributed by atoms with E-state index in [1.165, 1.54) is 5.56 Å². The molecule has 1 aliphatic heterocycles. The van der Waals surface area contributed by atoms with Crippen LogP contribution in [0.3, 0.4) is 0 Å². The molecular weight excluding hydrogens is 212 g/mol. The van der Waals surface area contributed by atoms with Gasteiger partial charge in [0.2, 0.25) is 0 Å². The summed E-state index contributed by atoms with van der Waals surface area (Å²) in [6.07, 6.45) is 1.08. The van der Waals surface area contributed by atoms with Crippen LogP contribution in [0.1, 0.15) is 12.0 Å². The van der Waals surface area contributed by atoms with Gasteiger partial charge in [0.05, 0.1) is 0 Å². The zero-order valence-electron chi connectivity index (χ0n) is 10.1. The predicted octanol–water partition coefficient (Wildman–Crippen LogP) is 1.09. The quantitative estimate of drug-likeness (QED) is 0.593. The average molecular weight is 232 g/mol. The first kappa shape index (κ1) is 11.9. The highest BCUT2D eigenvalue weighted by Crippen LogP contribution is 2.08. The standard InChI is InChI=1S/C13H20N4/c14-13(15)17-8-4-7-16(9-10-17)11-12-5-2-1-3-6-12/h1-3,5-6H,4,7-11H2,(H3,14,15). The van der Waals surface area contributed by atoms with Crippen molar-refractivity contribution in [1.29, 1.82) is 5.41 Å². The molecule has 0 atom stereocenters. The number of nitrogens with two attached hydrogens (primary N) is 1. The van der Waals surface area contributed by atoms with E-state index < -0.39 is 0 Å². The summed E-state index contributed by atoms with van der Waals surface area (Å²) in [5, 5.41) is 7.46. The van der Waals surface area contributed by atoms with Crippen LogP contribution >= 0.6 is 0 Å². The minimum atomic E-state index is 0.201. The summed E-state index contributed by atoms with van der Waals surface area (Å²) in [6, 6.07) is 10.5. The second-order valence-corrected chi connectivity index (χ2v) is 4.49. The molecule has 2 rings (SSSR count).